The van der Waals surface area contributed by atoms with E-state index < -0.39 is 0 Å². The Morgan fingerprint density at radius 3 is 2.50 bits per heavy atom. The summed E-state index contributed by atoms with van der Waals surface area (Å²) < 4.78 is 11.9. The minimum Gasteiger partial charge on any atom is -0.493 e. The van der Waals surface area contributed by atoms with Gasteiger partial charge in [0.15, 0.2) is 11.5 Å². The Bertz CT molecular complexity index is 1060. The highest BCUT2D eigenvalue weighted by atomic mass is 35.5. The average molecular weight is 399 g/mol. The van der Waals surface area contributed by atoms with Crippen LogP contribution in [0.1, 0.15) is 15.9 Å². The van der Waals surface area contributed by atoms with Gasteiger partial charge in [0.1, 0.15) is 0 Å². The van der Waals surface area contributed by atoms with E-state index in [2.05, 4.69) is 5.32 Å². The van der Waals surface area contributed by atoms with E-state index in [-0.39, 0.29) is 18.0 Å². The molecule has 0 aliphatic carbocycles. The summed E-state index contributed by atoms with van der Waals surface area (Å²) in [6.07, 6.45) is 1.52. The number of halogens is 1. The molecule has 1 heterocycles. The van der Waals surface area contributed by atoms with Crippen LogP contribution >= 0.6 is 11.6 Å². The van der Waals surface area contributed by atoms with E-state index in [9.17, 15) is 9.59 Å². The molecule has 0 saturated carbocycles. The lowest BCUT2D eigenvalue weighted by Crippen LogP contribution is -2.22. The molecule has 0 unspecified atom stereocenters. The number of aromatic nitrogens is 1. The Hall–Kier alpha value is -3.25. The highest BCUT2D eigenvalue weighted by molar-refractivity contribution is 6.31. The SMILES string of the molecule is COc1ccc(NC(=O)c2ccc(=O)n(Cc3ccccc3Cl)c2)cc1OC. The number of pyridine rings is 1. The predicted molar refractivity (Wildman–Crippen MR) is 109 cm³/mol. The second-order valence-electron chi connectivity index (χ2n) is 6.00. The topological polar surface area (TPSA) is 69.6 Å². The lowest BCUT2D eigenvalue weighted by Gasteiger charge is -2.12. The van der Waals surface area contributed by atoms with Gasteiger partial charge < -0.3 is 19.4 Å². The molecule has 0 atom stereocenters. The standard InChI is InChI=1S/C21H19ClN2O4/c1-27-18-9-8-16(11-19(18)28-2)23-21(26)15-7-10-20(25)24(13-15)12-14-5-3-4-6-17(14)22/h3-11,13H,12H2,1-2H3,(H,23,26). The number of hydrogen-bond donors (Lipinski definition) is 1. The first kappa shape index (κ1) is 19.5. The summed E-state index contributed by atoms with van der Waals surface area (Å²) in [7, 11) is 3.06. The average Bonchev–Trinajstić information content (AvgIpc) is 2.71. The van der Waals surface area contributed by atoms with Crippen LogP contribution in [-0.4, -0.2) is 24.7 Å². The molecule has 3 rings (SSSR count). The Morgan fingerprint density at radius 2 is 1.79 bits per heavy atom. The van der Waals surface area contributed by atoms with Crippen molar-refractivity contribution in [2.24, 2.45) is 0 Å². The first-order valence-corrected chi connectivity index (χ1v) is 8.87. The molecule has 144 valence electrons. The molecule has 2 aromatic carbocycles. The molecule has 0 bridgehead atoms. The molecule has 1 aromatic heterocycles. The van der Waals surface area contributed by atoms with Gasteiger partial charge in [-0.3, -0.25) is 9.59 Å². The molecule has 0 radical (unpaired) electrons. The fourth-order valence-corrected chi connectivity index (χ4v) is 2.91. The molecule has 7 heteroatoms. The van der Waals surface area contributed by atoms with E-state index in [1.54, 1.807) is 31.4 Å². The highest BCUT2D eigenvalue weighted by Gasteiger charge is 2.11. The smallest absolute Gasteiger partial charge is 0.257 e. The van der Waals surface area contributed by atoms with Crippen LogP contribution in [0.2, 0.25) is 5.02 Å². The number of amides is 1. The van der Waals surface area contributed by atoms with E-state index in [0.29, 0.717) is 27.8 Å². The van der Waals surface area contributed by atoms with Crippen LogP contribution in [0.5, 0.6) is 11.5 Å². The van der Waals surface area contributed by atoms with Gasteiger partial charge in [-0.15, -0.1) is 0 Å². The van der Waals surface area contributed by atoms with Crippen molar-refractivity contribution in [1.82, 2.24) is 4.57 Å². The molecule has 3 aromatic rings. The molecule has 6 nitrogen and oxygen atoms in total. The second kappa shape index (κ2) is 8.63. The lowest BCUT2D eigenvalue weighted by molar-refractivity contribution is 0.102. The molecule has 0 saturated heterocycles. The Labute approximate surface area is 167 Å². The quantitative estimate of drug-likeness (QED) is 0.685. The number of methoxy groups -OCH3 is 2. The third-order valence-electron chi connectivity index (χ3n) is 4.19. The van der Waals surface area contributed by atoms with Crippen molar-refractivity contribution in [1.29, 1.82) is 0 Å². The zero-order chi connectivity index (χ0) is 20.1. The molecule has 0 aliphatic heterocycles. The van der Waals surface area contributed by atoms with E-state index in [1.165, 1.54) is 30.0 Å². The summed E-state index contributed by atoms with van der Waals surface area (Å²) >= 11 is 6.17. The third-order valence-corrected chi connectivity index (χ3v) is 4.55. The van der Waals surface area contributed by atoms with Crippen LogP contribution in [-0.2, 0) is 6.54 Å². The van der Waals surface area contributed by atoms with Gasteiger partial charge in [0.25, 0.3) is 11.5 Å². The first-order chi connectivity index (χ1) is 13.5. The molecule has 28 heavy (non-hydrogen) atoms. The number of anilines is 1. The summed E-state index contributed by atoms with van der Waals surface area (Å²) in [5.41, 5.74) is 1.47. The van der Waals surface area contributed by atoms with Gasteiger partial charge in [-0.2, -0.15) is 0 Å². The zero-order valence-corrected chi connectivity index (χ0v) is 16.2. The molecule has 0 fully saturated rings. The second-order valence-corrected chi connectivity index (χ2v) is 6.41. The molecule has 0 spiro atoms. The monoisotopic (exact) mass is 398 g/mol. The van der Waals surface area contributed by atoms with Crippen molar-refractivity contribution in [3.05, 3.63) is 87.3 Å². The third kappa shape index (κ3) is 4.35. The van der Waals surface area contributed by atoms with Crippen LogP contribution in [0.4, 0.5) is 5.69 Å². The number of ether oxygens (including phenoxy) is 2. The van der Waals surface area contributed by atoms with Crippen LogP contribution in [0.25, 0.3) is 0 Å². The van der Waals surface area contributed by atoms with Crippen LogP contribution in [0, 0.1) is 0 Å². The van der Waals surface area contributed by atoms with Crippen molar-refractivity contribution in [3.8, 4) is 11.5 Å². The Kier molecular flexibility index (Phi) is 6.01. The number of nitrogens with zero attached hydrogens (tertiary/aromatic N) is 1. The molecule has 1 N–H and O–H groups in total. The van der Waals surface area contributed by atoms with Gasteiger partial charge in [0, 0.05) is 29.0 Å². The van der Waals surface area contributed by atoms with E-state index in [4.69, 9.17) is 21.1 Å². The van der Waals surface area contributed by atoms with Gasteiger partial charge in [-0.05, 0) is 29.8 Å². The zero-order valence-electron chi connectivity index (χ0n) is 15.4. The van der Waals surface area contributed by atoms with Gasteiger partial charge in [-0.25, -0.2) is 0 Å². The van der Waals surface area contributed by atoms with Gasteiger partial charge in [-0.1, -0.05) is 29.8 Å². The summed E-state index contributed by atoms with van der Waals surface area (Å²) in [6.45, 7) is 0.274. The van der Waals surface area contributed by atoms with E-state index >= 15 is 0 Å². The number of hydrogen-bond acceptors (Lipinski definition) is 4. The predicted octanol–water partition coefficient (Wildman–Crippen LogP) is 3.82. The fraction of sp³-hybridized carbons (Fsp3) is 0.143. The molecular weight excluding hydrogens is 380 g/mol. The minimum absolute atomic E-state index is 0.220. The maximum absolute atomic E-state index is 12.6. The summed E-state index contributed by atoms with van der Waals surface area (Å²) in [6, 6.07) is 15.2. The summed E-state index contributed by atoms with van der Waals surface area (Å²) in [4.78, 5) is 24.8. The summed E-state index contributed by atoms with van der Waals surface area (Å²) in [5, 5.41) is 3.35. The minimum atomic E-state index is -0.347. The Morgan fingerprint density at radius 1 is 1.04 bits per heavy atom. The maximum atomic E-state index is 12.6. The van der Waals surface area contributed by atoms with Gasteiger partial charge >= 0.3 is 0 Å². The van der Waals surface area contributed by atoms with Crippen molar-refractivity contribution in [2.45, 2.75) is 6.54 Å². The Balaban J connectivity index is 1.83. The van der Waals surface area contributed by atoms with Crippen molar-refractivity contribution in [3.63, 3.8) is 0 Å². The number of carbonyl (C=O) groups excluding carboxylic acids is 1. The molecule has 0 aliphatic rings. The summed E-state index contributed by atoms with van der Waals surface area (Å²) in [5.74, 6) is 0.720. The van der Waals surface area contributed by atoms with Crippen LogP contribution in [0.3, 0.4) is 0 Å². The lowest BCUT2D eigenvalue weighted by atomic mass is 10.2. The van der Waals surface area contributed by atoms with Crippen LogP contribution < -0.4 is 20.3 Å². The number of nitrogens with one attached hydrogen (secondary N) is 1. The maximum Gasteiger partial charge on any atom is 0.257 e. The highest BCUT2D eigenvalue weighted by Crippen LogP contribution is 2.29. The largest absolute Gasteiger partial charge is 0.493 e. The van der Waals surface area contributed by atoms with Gasteiger partial charge in [0.2, 0.25) is 0 Å². The van der Waals surface area contributed by atoms with E-state index in [0.717, 1.165) is 5.56 Å². The van der Waals surface area contributed by atoms with Gasteiger partial charge in [0.05, 0.1) is 26.3 Å². The molecule has 1 amide bonds. The molecular formula is C21H19ClN2O4. The van der Waals surface area contributed by atoms with Crippen molar-refractivity contribution >= 4 is 23.2 Å². The number of rotatable bonds is 6. The number of benzene rings is 2. The first-order valence-electron chi connectivity index (χ1n) is 8.49. The van der Waals surface area contributed by atoms with Crippen LogP contribution in [0.15, 0.2) is 65.6 Å². The van der Waals surface area contributed by atoms with Crippen molar-refractivity contribution < 1.29 is 14.3 Å². The van der Waals surface area contributed by atoms with E-state index in [1.807, 2.05) is 18.2 Å². The fourth-order valence-electron chi connectivity index (χ4n) is 2.72. The normalized spacial score (nSPS) is 10.4. The van der Waals surface area contributed by atoms with Crippen molar-refractivity contribution in [2.75, 3.05) is 19.5 Å². The number of carbonyl (C=O) groups is 1.